The van der Waals surface area contributed by atoms with E-state index in [4.69, 9.17) is 5.73 Å². The lowest BCUT2D eigenvalue weighted by molar-refractivity contribution is 0.893. The van der Waals surface area contributed by atoms with Gasteiger partial charge in [0, 0.05) is 23.5 Å². The number of nitrogens with one attached hydrogen (secondary N) is 1. The zero-order valence-electron chi connectivity index (χ0n) is 13.1. The van der Waals surface area contributed by atoms with Crippen LogP contribution in [0.25, 0.3) is 10.9 Å². The Morgan fingerprint density at radius 1 is 1.04 bits per heavy atom. The van der Waals surface area contributed by atoms with Crippen molar-refractivity contribution in [3.05, 3.63) is 83.8 Å². The molecule has 0 atom stereocenters. The molecule has 5 nitrogen and oxygen atoms in total. The maximum Gasteiger partial charge on any atom is 0.113 e. The van der Waals surface area contributed by atoms with Gasteiger partial charge in [-0.15, -0.1) is 0 Å². The maximum atomic E-state index is 5.85. The van der Waals surface area contributed by atoms with Crippen LogP contribution in [0, 0.1) is 0 Å². The number of rotatable bonds is 4. The molecule has 0 aliphatic carbocycles. The Morgan fingerprint density at radius 3 is 2.71 bits per heavy atom. The third kappa shape index (κ3) is 2.92. The highest BCUT2D eigenvalue weighted by Gasteiger charge is 2.05. The van der Waals surface area contributed by atoms with Gasteiger partial charge in [0.2, 0.25) is 0 Å². The first-order valence-corrected chi connectivity index (χ1v) is 7.77. The molecule has 0 saturated carbocycles. The minimum Gasteiger partial charge on any atom is -0.399 e. The summed E-state index contributed by atoms with van der Waals surface area (Å²) in [6, 6.07) is 18.2. The topological polar surface area (TPSA) is 72.0 Å². The van der Waals surface area contributed by atoms with Gasteiger partial charge < -0.3 is 5.73 Å². The Balaban J connectivity index is 1.60. The number of aromatic amines is 1. The van der Waals surface area contributed by atoms with E-state index in [2.05, 4.69) is 39.6 Å². The van der Waals surface area contributed by atoms with Crippen molar-refractivity contribution >= 4 is 22.8 Å². The van der Waals surface area contributed by atoms with Gasteiger partial charge in [-0.25, -0.2) is 4.68 Å². The molecule has 0 spiro atoms. The summed E-state index contributed by atoms with van der Waals surface area (Å²) in [6.45, 7) is 0. The molecule has 3 N–H and O–H groups in total. The van der Waals surface area contributed by atoms with Gasteiger partial charge in [0.05, 0.1) is 11.7 Å². The Morgan fingerprint density at radius 2 is 1.88 bits per heavy atom. The number of H-pyrrole nitrogens is 1. The number of anilines is 1. The summed E-state index contributed by atoms with van der Waals surface area (Å²) in [5, 5.41) is 12.8. The molecule has 24 heavy (non-hydrogen) atoms. The zero-order chi connectivity index (χ0) is 16.4. The van der Waals surface area contributed by atoms with Crippen LogP contribution in [0.15, 0.2) is 72.1 Å². The molecule has 2 heterocycles. The average molecular weight is 315 g/mol. The predicted molar refractivity (Wildman–Crippen MR) is 97.2 cm³/mol. The lowest BCUT2D eigenvalue weighted by atomic mass is 10.0. The second-order valence-corrected chi connectivity index (χ2v) is 5.72. The molecule has 4 aromatic rings. The summed E-state index contributed by atoms with van der Waals surface area (Å²) in [4.78, 5) is 0. The maximum absolute atomic E-state index is 5.85. The van der Waals surface area contributed by atoms with E-state index in [-0.39, 0.29) is 0 Å². The summed E-state index contributed by atoms with van der Waals surface area (Å²) in [5.41, 5.74) is 10.9. The van der Waals surface area contributed by atoms with Crippen molar-refractivity contribution in [3.63, 3.8) is 0 Å². The van der Waals surface area contributed by atoms with E-state index >= 15 is 0 Å². The van der Waals surface area contributed by atoms with Crippen LogP contribution in [0.2, 0.25) is 0 Å². The average Bonchev–Trinajstić information content (AvgIpc) is 3.22. The second-order valence-electron chi connectivity index (χ2n) is 5.72. The summed E-state index contributed by atoms with van der Waals surface area (Å²) in [5.74, 6) is 0. The summed E-state index contributed by atoms with van der Waals surface area (Å²) in [7, 11) is 0. The van der Waals surface area contributed by atoms with Crippen molar-refractivity contribution in [2.24, 2.45) is 5.10 Å². The van der Waals surface area contributed by atoms with Gasteiger partial charge in [-0.1, -0.05) is 24.3 Å². The van der Waals surface area contributed by atoms with Crippen molar-refractivity contribution in [2.45, 2.75) is 6.42 Å². The third-order valence-corrected chi connectivity index (χ3v) is 3.92. The van der Waals surface area contributed by atoms with Crippen LogP contribution in [0.5, 0.6) is 0 Å². The monoisotopic (exact) mass is 315 g/mol. The number of aromatic nitrogens is 3. The Hall–Kier alpha value is -3.34. The molecule has 0 unspecified atom stereocenters. The molecule has 0 saturated heterocycles. The minimum atomic E-state index is 0.790. The fourth-order valence-electron chi connectivity index (χ4n) is 2.76. The fourth-order valence-corrected chi connectivity index (χ4v) is 2.76. The molecule has 0 aliphatic rings. The van der Waals surface area contributed by atoms with E-state index < -0.39 is 0 Å². The molecular formula is C19H17N5. The normalized spacial score (nSPS) is 11.5. The lowest BCUT2D eigenvalue weighted by Crippen LogP contribution is -1.91. The molecular weight excluding hydrogens is 298 g/mol. The number of fused-ring (bicyclic) bond motifs is 1. The van der Waals surface area contributed by atoms with Crippen LogP contribution >= 0.6 is 0 Å². The van der Waals surface area contributed by atoms with E-state index in [1.165, 1.54) is 11.1 Å². The summed E-state index contributed by atoms with van der Waals surface area (Å²) < 4.78 is 1.74. The van der Waals surface area contributed by atoms with E-state index in [9.17, 15) is 0 Å². The van der Waals surface area contributed by atoms with Crippen molar-refractivity contribution in [1.29, 1.82) is 0 Å². The quantitative estimate of drug-likeness (QED) is 0.447. The standard InChI is InChI=1S/C19H17N5/c20-16-5-3-4-14(11-16)10-15-6-7-17-18(12-15)22-23-19(17)13-21-24-8-1-2-9-24/h1-9,11-13H,10,20H2,(H,22,23)/b21-13+. The van der Waals surface area contributed by atoms with Gasteiger partial charge in [-0.05, 0) is 47.9 Å². The first-order chi connectivity index (χ1) is 11.8. The molecule has 0 aliphatic heterocycles. The van der Waals surface area contributed by atoms with Gasteiger partial charge in [0.25, 0.3) is 0 Å². The van der Waals surface area contributed by atoms with Crippen LogP contribution in [-0.2, 0) is 6.42 Å². The number of nitrogens with two attached hydrogens (primary N) is 1. The number of hydrogen-bond acceptors (Lipinski definition) is 3. The van der Waals surface area contributed by atoms with E-state index in [0.29, 0.717) is 0 Å². The third-order valence-electron chi connectivity index (χ3n) is 3.92. The Labute approximate surface area is 139 Å². The Kier molecular flexibility index (Phi) is 3.59. The molecule has 0 bridgehead atoms. The number of nitrogen functional groups attached to an aromatic ring is 1. The smallest absolute Gasteiger partial charge is 0.113 e. The highest BCUT2D eigenvalue weighted by molar-refractivity contribution is 5.96. The lowest BCUT2D eigenvalue weighted by Gasteiger charge is -2.03. The summed E-state index contributed by atoms with van der Waals surface area (Å²) in [6.07, 6.45) is 6.37. The highest BCUT2D eigenvalue weighted by Crippen LogP contribution is 2.19. The summed E-state index contributed by atoms with van der Waals surface area (Å²) >= 11 is 0. The van der Waals surface area contributed by atoms with Gasteiger partial charge in [-0.2, -0.15) is 10.2 Å². The number of nitrogens with zero attached hydrogens (tertiary/aromatic N) is 3. The van der Waals surface area contributed by atoms with Crippen LogP contribution in [0.4, 0.5) is 5.69 Å². The first-order valence-electron chi connectivity index (χ1n) is 7.77. The van der Waals surface area contributed by atoms with E-state index in [1.807, 2.05) is 42.7 Å². The van der Waals surface area contributed by atoms with Crippen molar-refractivity contribution in [3.8, 4) is 0 Å². The molecule has 2 aromatic heterocycles. The van der Waals surface area contributed by atoms with Crippen LogP contribution in [0.3, 0.4) is 0 Å². The van der Waals surface area contributed by atoms with E-state index in [0.717, 1.165) is 28.7 Å². The van der Waals surface area contributed by atoms with Gasteiger partial charge in [0.1, 0.15) is 5.69 Å². The van der Waals surface area contributed by atoms with Gasteiger partial charge >= 0.3 is 0 Å². The highest BCUT2D eigenvalue weighted by atomic mass is 15.3. The molecule has 0 radical (unpaired) electrons. The Bertz CT molecular complexity index is 996. The predicted octanol–water partition coefficient (Wildman–Crippen LogP) is 3.42. The van der Waals surface area contributed by atoms with Crippen LogP contribution in [-0.4, -0.2) is 21.1 Å². The van der Waals surface area contributed by atoms with Crippen molar-refractivity contribution in [2.75, 3.05) is 5.73 Å². The van der Waals surface area contributed by atoms with Crippen LogP contribution in [0.1, 0.15) is 16.8 Å². The van der Waals surface area contributed by atoms with Crippen LogP contribution < -0.4 is 5.73 Å². The minimum absolute atomic E-state index is 0.790. The molecule has 5 heteroatoms. The zero-order valence-corrected chi connectivity index (χ0v) is 13.1. The number of benzene rings is 2. The van der Waals surface area contributed by atoms with Crippen molar-refractivity contribution < 1.29 is 0 Å². The van der Waals surface area contributed by atoms with E-state index in [1.54, 1.807) is 10.9 Å². The molecule has 0 amide bonds. The van der Waals surface area contributed by atoms with Gasteiger partial charge in [-0.3, -0.25) is 5.10 Å². The largest absolute Gasteiger partial charge is 0.399 e. The SMILES string of the molecule is Nc1cccc(Cc2ccc3c(/C=N/n4cccc4)n[nH]c3c2)c1. The molecule has 0 fully saturated rings. The molecule has 2 aromatic carbocycles. The van der Waals surface area contributed by atoms with Gasteiger partial charge in [0.15, 0.2) is 0 Å². The molecule has 4 rings (SSSR count). The van der Waals surface area contributed by atoms with Crippen molar-refractivity contribution in [1.82, 2.24) is 14.9 Å². The first kappa shape index (κ1) is 14.3. The number of hydrogen-bond donors (Lipinski definition) is 2. The second kappa shape index (κ2) is 6.04. The fraction of sp³-hybridized carbons (Fsp3) is 0.0526. The molecule has 118 valence electrons.